The molecule has 0 saturated carbocycles. The van der Waals surface area contributed by atoms with Crippen LogP contribution in [0.1, 0.15) is 34.0 Å². The summed E-state index contributed by atoms with van der Waals surface area (Å²) in [4.78, 5) is 36.9. The molecule has 0 atom stereocenters. The highest BCUT2D eigenvalue weighted by atomic mass is 16.5. The van der Waals surface area contributed by atoms with Gasteiger partial charge in [0, 0.05) is 0 Å². The van der Waals surface area contributed by atoms with Crippen molar-refractivity contribution in [2.45, 2.75) is 27.2 Å². The average molecular weight is 420 g/mol. The van der Waals surface area contributed by atoms with Crippen molar-refractivity contribution in [3.8, 4) is 5.75 Å². The van der Waals surface area contributed by atoms with E-state index in [9.17, 15) is 14.4 Å². The van der Waals surface area contributed by atoms with Crippen molar-refractivity contribution in [2.75, 3.05) is 11.9 Å². The van der Waals surface area contributed by atoms with Crippen LogP contribution in [-0.4, -0.2) is 18.4 Å². The smallest absolute Gasteiger partial charge is 0.340 e. The Bertz CT molecular complexity index is 1260. The van der Waals surface area contributed by atoms with Crippen LogP contribution in [0.2, 0.25) is 0 Å². The number of hydrogen-bond donors (Lipinski definition) is 2. The minimum absolute atomic E-state index is 0.184. The quantitative estimate of drug-likeness (QED) is 0.448. The van der Waals surface area contributed by atoms with E-state index in [2.05, 4.69) is 11.9 Å². The predicted molar refractivity (Wildman–Crippen MR) is 120 cm³/mol. The summed E-state index contributed by atoms with van der Waals surface area (Å²) in [6, 6.07) is 10.0. The summed E-state index contributed by atoms with van der Waals surface area (Å²) >= 11 is 0. The fourth-order valence-corrected chi connectivity index (χ4v) is 3.32. The summed E-state index contributed by atoms with van der Waals surface area (Å²) in [6.45, 7) is 9.64. The number of carbonyl (C=O) groups excluding carboxylic acids is 2. The lowest BCUT2D eigenvalue weighted by molar-refractivity contribution is -0.115. The summed E-state index contributed by atoms with van der Waals surface area (Å²) in [5.74, 6) is -0.577. The summed E-state index contributed by atoms with van der Waals surface area (Å²) in [5, 5.41) is 3.27. The maximum atomic E-state index is 12.7. The van der Waals surface area contributed by atoms with Gasteiger partial charge >= 0.3 is 5.63 Å². The zero-order valence-corrected chi connectivity index (χ0v) is 17.7. The lowest BCUT2D eigenvalue weighted by Crippen LogP contribution is -2.22. The van der Waals surface area contributed by atoms with E-state index in [1.54, 1.807) is 31.2 Å². The zero-order chi connectivity index (χ0) is 22.7. The van der Waals surface area contributed by atoms with Gasteiger partial charge in [0.25, 0.3) is 5.91 Å². The molecule has 7 nitrogen and oxygen atoms in total. The molecular weight excluding hydrogens is 396 g/mol. The molecule has 0 spiro atoms. The van der Waals surface area contributed by atoms with Gasteiger partial charge in [0.2, 0.25) is 5.91 Å². The van der Waals surface area contributed by atoms with Crippen molar-refractivity contribution in [1.29, 1.82) is 0 Å². The van der Waals surface area contributed by atoms with Crippen LogP contribution in [0.5, 0.6) is 5.75 Å². The van der Waals surface area contributed by atoms with Crippen molar-refractivity contribution < 1.29 is 18.7 Å². The lowest BCUT2D eigenvalue weighted by Gasteiger charge is -2.14. The van der Waals surface area contributed by atoms with Crippen LogP contribution in [0, 0.1) is 13.8 Å². The Morgan fingerprint density at radius 2 is 1.90 bits per heavy atom. The number of amides is 2. The van der Waals surface area contributed by atoms with Crippen LogP contribution in [0.3, 0.4) is 0 Å². The van der Waals surface area contributed by atoms with Gasteiger partial charge < -0.3 is 20.2 Å². The van der Waals surface area contributed by atoms with Gasteiger partial charge in [-0.1, -0.05) is 18.7 Å². The highest BCUT2D eigenvalue weighted by Crippen LogP contribution is 2.31. The molecule has 3 N–H and O–H groups in total. The molecule has 0 saturated heterocycles. The molecular formula is C24H24N2O5. The van der Waals surface area contributed by atoms with Gasteiger partial charge in [-0.15, -0.1) is 0 Å². The highest BCUT2D eigenvalue weighted by molar-refractivity contribution is 6.03. The van der Waals surface area contributed by atoms with Crippen LogP contribution in [0.15, 0.2) is 57.8 Å². The van der Waals surface area contributed by atoms with Gasteiger partial charge in [-0.05, 0) is 61.7 Å². The van der Waals surface area contributed by atoms with E-state index in [0.717, 1.165) is 11.1 Å². The first-order valence-electron chi connectivity index (χ1n) is 9.70. The molecule has 7 heteroatoms. The first-order chi connectivity index (χ1) is 14.7. The van der Waals surface area contributed by atoms with Gasteiger partial charge in [-0.25, -0.2) is 4.79 Å². The van der Waals surface area contributed by atoms with Crippen molar-refractivity contribution in [3.63, 3.8) is 0 Å². The number of nitrogens with one attached hydrogen (secondary N) is 1. The lowest BCUT2D eigenvalue weighted by atomic mass is 10.0. The van der Waals surface area contributed by atoms with Gasteiger partial charge in [0.1, 0.15) is 17.9 Å². The second-order valence-electron chi connectivity index (χ2n) is 7.51. The molecule has 0 aliphatic rings. The van der Waals surface area contributed by atoms with Gasteiger partial charge in [0.15, 0.2) is 0 Å². The number of para-hydroxylation sites is 1. The third-order valence-corrected chi connectivity index (χ3v) is 4.77. The van der Waals surface area contributed by atoms with Crippen LogP contribution in [0.25, 0.3) is 11.0 Å². The first kappa shape index (κ1) is 21.8. The van der Waals surface area contributed by atoms with Crippen LogP contribution in [0.4, 0.5) is 5.69 Å². The molecule has 0 fully saturated rings. The molecule has 160 valence electrons. The SMILES string of the molecule is C=C(C)COc1cc(C)cc2oc(=O)c(CC(=O)Nc3ccccc3C(N)=O)c(C)c12. The third-order valence-electron chi connectivity index (χ3n) is 4.77. The molecule has 0 radical (unpaired) electrons. The van der Waals surface area contributed by atoms with E-state index in [1.807, 2.05) is 19.9 Å². The highest BCUT2D eigenvalue weighted by Gasteiger charge is 2.19. The van der Waals surface area contributed by atoms with E-state index in [4.69, 9.17) is 14.9 Å². The number of fused-ring (bicyclic) bond motifs is 1. The normalized spacial score (nSPS) is 10.7. The van der Waals surface area contributed by atoms with Crippen LogP contribution >= 0.6 is 0 Å². The number of hydrogen-bond acceptors (Lipinski definition) is 5. The Balaban J connectivity index is 1.99. The fourth-order valence-electron chi connectivity index (χ4n) is 3.32. The van der Waals surface area contributed by atoms with Gasteiger partial charge in [-0.3, -0.25) is 9.59 Å². The topological polar surface area (TPSA) is 112 Å². The second-order valence-corrected chi connectivity index (χ2v) is 7.51. The summed E-state index contributed by atoms with van der Waals surface area (Å²) in [7, 11) is 0. The molecule has 2 amide bonds. The number of aryl methyl sites for hydroxylation is 2. The largest absolute Gasteiger partial charge is 0.488 e. The Morgan fingerprint density at radius 3 is 2.58 bits per heavy atom. The van der Waals surface area contributed by atoms with E-state index in [1.165, 1.54) is 6.07 Å². The van der Waals surface area contributed by atoms with Gasteiger partial charge in [-0.2, -0.15) is 0 Å². The molecule has 1 heterocycles. The number of anilines is 1. The van der Waals surface area contributed by atoms with Crippen molar-refractivity contribution in [1.82, 2.24) is 0 Å². The van der Waals surface area contributed by atoms with E-state index in [-0.39, 0.29) is 23.2 Å². The van der Waals surface area contributed by atoms with Crippen LogP contribution in [-0.2, 0) is 11.2 Å². The number of benzene rings is 2. The van der Waals surface area contributed by atoms with E-state index in [0.29, 0.717) is 28.9 Å². The number of ether oxygens (including phenoxy) is 1. The number of carbonyl (C=O) groups is 2. The molecule has 0 aliphatic heterocycles. The standard InChI is InChI=1S/C24H24N2O5/c1-13(2)12-30-19-9-14(3)10-20-22(19)15(4)17(24(29)31-20)11-21(27)26-18-8-6-5-7-16(18)23(25)28/h5-10H,1,11-12H2,2-4H3,(H2,25,28)(H,26,27). The van der Waals surface area contributed by atoms with Crippen molar-refractivity contribution in [3.05, 3.63) is 81.2 Å². The first-order valence-corrected chi connectivity index (χ1v) is 9.70. The molecule has 2 aromatic carbocycles. The summed E-state index contributed by atoms with van der Waals surface area (Å²) in [6.07, 6.45) is -0.231. The number of primary amides is 1. The Hall–Kier alpha value is -3.87. The third kappa shape index (κ3) is 4.83. The van der Waals surface area contributed by atoms with Crippen molar-refractivity contribution in [2.24, 2.45) is 5.73 Å². The monoisotopic (exact) mass is 420 g/mol. The summed E-state index contributed by atoms with van der Waals surface area (Å²) in [5.41, 5.74) is 8.15. The molecule has 1 aromatic heterocycles. The van der Waals surface area contributed by atoms with Crippen molar-refractivity contribution >= 4 is 28.5 Å². The number of rotatable bonds is 7. The second kappa shape index (κ2) is 8.87. The predicted octanol–water partition coefficient (Wildman–Crippen LogP) is 3.64. The van der Waals surface area contributed by atoms with E-state index < -0.39 is 17.4 Å². The molecule has 0 aliphatic carbocycles. The molecule has 0 bridgehead atoms. The minimum Gasteiger partial charge on any atom is -0.488 e. The zero-order valence-electron chi connectivity index (χ0n) is 17.7. The molecule has 3 aromatic rings. The molecule has 0 unspecified atom stereocenters. The molecule has 31 heavy (non-hydrogen) atoms. The Labute approximate surface area is 179 Å². The maximum Gasteiger partial charge on any atom is 0.340 e. The Morgan fingerprint density at radius 1 is 1.19 bits per heavy atom. The Kier molecular flexibility index (Phi) is 6.25. The van der Waals surface area contributed by atoms with Gasteiger partial charge in [0.05, 0.1) is 28.6 Å². The maximum absolute atomic E-state index is 12.7. The molecule has 3 rings (SSSR count). The minimum atomic E-state index is -0.660. The van der Waals surface area contributed by atoms with E-state index >= 15 is 0 Å². The summed E-state index contributed by atoms with van der Waals surface area (Å²) < 4.78 is 11.4. The van der Waals surface area contributed by atoms with Crippen LogP contribution < -0.4 is 21.4 Å². The average Bonchev–Trinajstić information content (AvgIpc) is 2.69. The fraction of sp³-hybridized carbons (Fsp3) is 0.208. The number of nitrogens with two attached hydrogens (primary N) is 1.